The molecule has 0 saturated carbocycles. The van der Waals surface area contributed by atoms with E-state index >= 15 is 0 Å². The molecule has 0 radical (unpaired) electrons. The van der Waals surface area contributed by atoms with Crippen molar-refractivity contribution in [1.29, 1.82) is 10.5 Å². The van der Waals surface area contributed by atoms with Crippen LogP contribution in [0.3, 0.4) is 0 Å². The molecule has 0 saturated heterocycles. The van der Waals surface area contributed by atoms with Gasteiger partial charge in [0.2, 0.25) is 0 Å². The summed E-state index contributed by atoms with van der Waals surface area (Å²) in [5.41, 5.74) is 1.10. The van der Waals surface area contributed by atoms with Crippen molar-refractivity contribution in [2.45, 2.75) is 12.3 Å². The van der Waals surface area contributed by atoms with Crippen molar-refractivity contribution < 1.29 is 0 Å². The third-order valence-corrected chi connectivity index (χ3v) is 1.74. The van der Waals surface area contributed by atoms with Crippen LogP contribution >= 0.6 is 0 Å². The molecule has 0 spiro atoms. The molecule has 1 N–H and O–H groups in total. The average Bonchev–Trinajstić information content (AvgIpc) is 2.61. The molecule has 13 heavy (non-hydrogen) atoms. The summed E-state index contributed by atoms with van der Waals surface area (Å²) < 4.78 is 0. The first-order valence-electron chi connectivity index (χ1n) is 3.74. The Labute approximate surface area is 76.6 Å². The van der Waals surface area contributed by atoms with E-state index in [2.05, 4.69) is 17.0 Å². The first-order valence-corrected chi connectivity index (χ1v) is 3.74. The Kier molecular flexibility index (Phi) is 2.74. The second-order valence-electron chi connectivity index (χ2n) is 2.51. The van der Waals surface area contributed by atoms with Gasteiger partial charge in [0.05, 0.1) is 12.0 Å². The van der Waals surface area contributed by atoms with E-state index in [0.717, 1.165) is 0 Å². The molecule has 1 aromatic rings. The molecule has 1 heterocycles. The monoisotopic (exact) mass is 169 g/mol. The lowest BCUT2D eigenvalue weighted by Gasteiger charge is -2.01. The van der Waals surface area contributed by atoms with Crippen molar-refractivity contribution in [3.63, 3.8) is 0 Å². The van der Waals surface area contributed by atoms with Crippen LogP contribution in [0.2, 0.25) is 0 Å². The minimum Gasteiger partial charge on any atom is -0.353 e. The van der Waals surface area contributed by atoms with Crippen LogP contribution in [0.15, 0.2) is 12.3 Å². The number of rotatable bonds is 2. The highest BCUT2D eigenvalue weighted by Gasteiger charge is 2.14. The zero-order valence-corrected chi connectivity index (χ0v) is 6.91. The fourth-order valence-corrected chi connectivity index (χ4v) is 1.11. The van der Waals surface area contributed by atoms with Crippen LogP contribution in [0.25, 0.3) is 0 Å². The zero-order valence-electron chi connectivity index (χ0n) is 6.91. The molecule has 0 aliphatic carbocycles. The van der Waals surface area contributed by atoms with Crippen molar-refractivity contribution in [3.05, 3.63) is 23.5 Å². The Balaban J connectivity index is 3.02. The highest BCUT2D eigenvalue weighted by atomic mass is 14.7. The molecular weight excluding hydrogens is 162 g/mol. The summed E-state index contributed by atoms with van der Waals surface area (Å²) in [7, 11) is 0. The van der Waals surface area contributed by atoms with Gasteiger partial charge in [0.15, 0.2) is 0 Å². The van der Waals surface area contributed by atoms with Crippen LogP contribution in [0.1, 0.15) is 23.6 Å². The first-order chi connectivity index (χ1) is 6.33. The smallest absolute Gasteiger partial charge is 0.122 e. The van der Waals surface area contributed by atoms with E-state index in [-0.39, 0.29) is 5.92 Å². The summed E-state index contributed by atoms with van der Waals surface area (Å²) in [6.07, 6.45) is 7.08. The van der Waals surface area contributed by atoms with Gasteiger partial charge in [-0.3, -0.25) is 0 Å². The normalized spacial score (nSPS) is 10.8. The first kappa shape index (κ1) is 8.91. The van der Waals surface area contributed by atoms with Gasteiger partial charge in [-0.1, -0.05) is 0 Å². The molecule has 1 rings (SSSR count). The molecule has 3 heteroatoms. The maximum atomic E-state index is 8.78. The fourth-order valence-electron chi connectivity index (χ4n) is 1.11. The maximum absolute atomic E-state index is 8.78. The minimum atomic E-state index is -0.383. The Morgan fingerprint density at radius 3 is 2.85 bits per heavy atom. The number of aromatic amines is 1. The summed E-state index contributed by atoms with van der Waals surface area (Å²) in [5, 5.41) is 17.5. The largest absolute Gasteiger partial charge is 0.353 e. The van der Waals surface area contributed by atoms with E-state index < -0.39 is 0 Å². The third kappa shape index (κ3) is 1.70. The Bertz CT molecular complexity index is 409. The molecule has 1 unspecified atom stereocenters. The van der Waals surface area contributed by atoms with Crippen LogP contribution in [-0.2, 0) is 0 Å². The summed E-state index contributed by atoms with van der Waals surface area (Å²) in [4.78, 5) is 2.75. The Morgan fingerprint density at radius 1 is 1.54 bits per heavy atom. The lowest BCUT2D eigenvalue weighted by atomic mass is 9.98. The Hall–Kier alpha value is -2.18. The van der Waals surface area contributed by atoms with Crippen LogP contribution in [0, 0.1) is 35.0 Å². The SMILES string of the molecule is C#CCC(C#N)c1cc[nH]c1C#N. The highest BCUT2D eigenvalue weighted by Crippen LogP contribution is 2.20. The van der Waals surface area contributed by atoms with Gasteiger partial charge in [-0.15, -0.1) is 12.3 Å². The van der Waals surface area contributed by atoms with Gasteiger partial charge in [0.25, 0.3) is 0 Å². The van der Waals surface area contributed by atoms with Gasteiger partial charge in [0.1, 0.15) is 11.8 Å². The third-order valence-electron chi connectivity index (χ3n) is 1.74. The van der Waals surface area contributed by atoms with Crippen molar-refractivity contribution in [2.24, 2.45) is 0 Å². The number of nitrogens with one attached hydrogen (secondary N) is 1. The second-order valence-corrected chi connectivity index (χ2v) is 2.51. The number of nitrogens with zero attached hydrogens (tertiary/aromatic N) is 2. The summed E-state index contributed by atoms with van der Waals surface area (Å²) in [6.45, 7) is 0. The van der Waals surface area contributed by atoms with E-state index in [0.29, 0.717) is 17.7 Å². The predicted molar refractivity (Wildman–Crippen MR) is 47.3 cm³/mol. The fraction of sp³-hybridized carbons (Fsp3) is 0.200. The number of aromatic nitrogens is 1. The summed E-state index contributed by atoms with van der Waals surface area (Å²) in [6, 6.07) is 5.75. The molecule has 1 aromatic heterocycles. The van der Waals surface area contributed by atoms with Gasteiger partial charge in [-0.05, 0) is 6.07 Å². The molecule has 0 fully saturated rings. The predicted octanol–water partition coefficient (Wildman–Crippen LogP) is 1.52. The molecule has 0 bridgehead atoms. The van der Waals surface area contributed by atoms with Crippen molar-refractivity contribution in [3.8, 4) is 24.5 Å². The average molecular weight is 169 g/mol. The van der Waals surface area contributed by atoms with Crippen molar-refractivity contribution in [1.82, 2.24) is 4.98 Å². The van der Waals surface area contributed by atoms with E-state index in [1.54, 1.807) is 12.3 Å². The molecular formula is C10H7N3. The van der Waals surface area contributed by atoms with Gasteiger partial charge >= 0.3 is 0 Å². The minimum absolute atomic E-state index is 0.336. The highest BCUT2D eigenvalue weighted by molar-refractivity contribution is 5.38. The standard InChI is InChI=1S/C10H7N3/c1-2-3-8(6-11)9-4-5-13-10(9)7-12/h1,4-5,8,13H,3H2. The van der Waals surface area contributed by atoms with E-state index in [4.69, 9.17) is 16.9 Å². The van der Waals surface area contributed by atoms with E-state index in [1.165, 1.54) is 0 Å². The van der Waals surface area contributed by atoms with E-state index in [1.807, 2.05) is 6.07 Å². The van der Waals surface area contributed by atoms with Gasteiger partial charge in [-0.2, -0.15) is 10.5 Å². The lowest BCUT2D eigenvalue weighted by Crippen LogP contribution is -1.95. The van der Waals surface area contributed by atoms with Crippen molar-refractivity contribution >= 4 is 0 Å². The molecule has 0 aliphatic rings. The van der Waals surface area contributed by atoms with Crippen LogP contribution in [0.5, 0.6) is 0 Å². The Morgan fingerprint density at radius 2 is 2.31 bits per heavy atom. The molecule has 3 nitrogen and oxygen atoms in total. The number of H-pyrrole nitrogens is 1. The van der Waals surface area contributed by atoms with E-state index in [9.17, 15) is 0 Å². The number of hydrogen-bond acceptors (Lipinski definition) is 2. The molecule has 0 amide bonds. The van der Waals surface area contributed by atoms with Gasteiger partial charge < -0.3 is 4.98 Å². The number of hydrogen-bond donors (Lipinski definition) is 1. The lowest BCUT2D eigenvalue weighted by molar-refractivity contribution is 0.894. The molecule has 0 aliphatic heterocycles. The molecule has 1 atom stereocenters. The molecule has 0 aromatic carbocycles. The number of nitriles is 2. The van der Waals surface area contributed by atoms with Crippen LogP contribution in [-0.4, -0.2) is 4.98 Å². The van der Waals surface area contributed by atoms with Crippen LogP contribution < -0.4 is 0 Å². The van der Waals surface area contributed by atoms with Crippen molar-refractivity contribution in [2.75, 3.05) is 0 Å². The maximum Gasteiger partial charge on any atom is 0.122 e. The topological polar surface area (TPSA) is 63.4 Å². The second kappa shape index (κ2) is 4.00. The zero-order chi connectivity index (χ0) is 9.68. The van der Waals surface area contributed by atoms with Gasteiger partial charge in [-0.25, -0.2) is 0 Å². The van der Waals surface area contributed by atoms with Gasteiger partial charge in [0, 0.05) is 18.2 Å². The molecule has 62 valence electrons. The quantitative estimate of drug-likeness (QED) is 0.682. The summed E-state index contributed by atoms with van der Waals surface area (Å²) in [5.74, 6) is 2.03. The number of terminal acetylenes is 1. The summed E-state index contributed by atoms with van der Waals surface area (Å²) >= 11 is 0. The van der Waals surface area contributed by atoms with Crippen LogP contribution in [0.4, 0.5) is 0 Å².